The fraction of sp³-hybridized carbons (Fsp3) is 0.600. The summed E-state index contributed by atoms with van der Waals surface area (Å²) in [6.07, 6.45) is 4.73. The highest BCUT2D eigenvalue weighted by Gasteiger charge is 2.27. The third kappa shape index (κ3) is 2.20. The molecule has 4 heteroatoms. The molecule has 1 aliphatic heterocycles. The molecule has 2 heterocycles. The van der Waals surface area contributed by atoms with E-state index < -0.39 is 0 Å². The van der Waals surface area contributed by atoms with Crippen molar-refractivity contribution in [3.05, 3.63) is 28.1 Å². The molecular weight excluding hydrogens is 238 g/mol. The van der Waals surface area contributed by atoms with E-state index in [1.54, 1.807) is 15.8 Å². The molecule has 3 rings (SSSR count). The van der Waals surface area contributed by atoms with Crippen LogP contribution in [0.25, 0.3) is 0 Å². The summed E-state index contributed by atoms with van der Waals surface area (Å²) in [6, 6.07) is 0. The number of aryl methyl sites for hydroxylation is 2. The molecule has 0 N–H and O–H groups in total. The second-order valence-electron chi connectivity index (χ2n) is 5.67. The van der Waals surface area contributed by atoms with Gasteiger partial charge in [0.25, 0.3) is 5.91 Å². The van der Waals surface area contributed by atoms with Gasteiger partial charge in [0.1, 0.15) is 0 Å². The van der Waals surface area contributed by atoms with Gasteiger partial charge < -0.3 is 4.90 Å². The summed E-state index contributed by atoms with van der Waals surface area (Å²) in [5.74, 6) is 0.156. The number of amides is 1. The van der Waals surface area contributed by atoms with E-state index in [2.05, 4.69) is 5.10 Å². The van der Waals surface area contributed by atoms with E-state index in [1.807, 2.05) is 25.8 Å². The highest BCUT2D eigenvalue weighted by Crippen LogP contribution is 2.36. The number of nitrogens with zero attached hydrogens (tertiary/aromatic N) is 3. The van der Waals surface area contributed by atoms with E-state index in [-0.39, 0.29) is 5.91 Å². The molecule has 1 aromatic rings. The van der Waals surface area contributed by atoms with E-state index in [1.165, 1.54) is 12.8 Å². The predicted octanol–water partition coefficient (Wildman–Crippen LogP) is 2.36. The van der Waals surface area contributed by atoms with Crippen LogP contribution >= 0.6 is 0 Å². The average Bonchev–Trinajstić information content (AvgIpc) is 3.19. The molecule has 1 amide bonds. The Morgan fingerprint density at radius 3 is 2.11 bits per heavy atom. The molecule has 19 heavy (non-hydrogen) atoms. The van der Waals surface area contributed by atoms with Gasteiger partial charge >= 0.3 is 0 Å². The Labute approximate surface area is 114 Å². The Bertz CT molecular complexity index is 552. The van der Waals surface area contributed by atoms with Crippen molar-refractivity contribution in [2.75, 3.05) is 13.1 Å². The monoisotopic (exact) mass is 259 g/mol. The molecule has 0 atom stereocenters. The summed E-state index contributed by atoms with van der Waals surface area (Å²) in [6.45, 7) is 5.62. The van der Waals surface area contributed by atoms with E-state index in [0.717, 1.165) is 42.9 Å². The van der Waals surface area contributed by atoms with Crippen molar-refractivity contribution in [3.8, 4) is 0 Å². The minimum atomic E-state index is 0.156. The molecule has 4 nitrogen and oxygen atoms in total. The summed E-state index contributed by atoms with van der Waals surface area (Å²) in [5.41, 5.74) is 5.87. The highest BCUT2D eigenvalue weighted by atomic mass is 16.2. The average molecular weight is 259 g/mol. The largest absolute Gasteiger partial charge is 0.338 e. The number of hydrogen-bond acceptors (Lipinski definition) is 2. The van der Waals surface area contributed by atoms with Gasteiger partial charge in [0.15, 0.2) is 0 Å². The maximum absolute atomic E-state index is 12.6. The molecule has 102 valence electrons. The molecule has 0 aromatic carbocycles. The van der Waals surface area contributed by atoms with E-state index in [4.69, 9.17) is 0 Å². The second kappa shape index (κ2) is 4.51. The number of rotatable bonds is 1. The Balaban J connectivity index is 1.76. The molecule has 0 unspecified atom stereocenters. The van der Waals surface area contributed by atoms with Crippen molar-refractivity contribution in [2.24, 2.45) is 7.05 Å². The number of likely N-dealkylation sites (tertiary alicyclic amines) is 1. The first-order valence-electron chi connectivity index (χ1n) is 7.07. The normalized spacial score (nSPS) is 19.0. The van der Waals surface area contributed by atoms with Gasteiger partial charge in [0, 0.05) is 25.8 Å². The van der Waals surface area contributed by atoms with Crippen molar-refractivity contribution in [2.45, 2.75) is 39.5 Å². The van der Waals surface area contributed by atoms with Gasteiger partial charge in [0.2, 0.25) is 0 Å². The summed E-state index contributed by atoms with van der Waals surface area (Å²) >= 11 is 0. The first-order valence-corrected chi connectivity index (χ1v) is 7.07. The van der Waals surface area contributed by atoms with Crippen molar-refractivity contribution in [3.63, 3.8) is 0 Å². The third-order valence-corrected chi connectivity index (χ3v) is 4.38. The van der Waals surface area contributed by atoms with Crippen LogP contribution in [0.15, 0.2) is 11.1 Å². The zero-order valence-electron chi connectivity index (χ0n) is 12.0. The van der Waals surface area contributed by atoms with Crippen molar-refractivity contribution < 1.29 is 4.79 Å². The quantitative estimate of drug-likeness (QED) is 0.726. The van der Waals surface area contributed by atoms with E-state index in [0.29, 0.717) is 0 Å². The molecule has 1 aliphatic carbocycles. The maximum atomic E-state index is 12.6. The molecule has 1 saturated carbocycles. The van der Waals surface area contributed by atoms with Crippen LogP contribution < -0.4 is 0 Å². The minimum absolute atomic E-state index is 0.156. The first kappa shape index (κ1) is 12.5. The SMILES string of the molecule is Cc1nn(C)c(C)c1C(=O)N1CCC(=C2CC2)CC1. The Morgan fingerprint density at radius 1 is 1.05 bits per heavy atom. The first-order chi connectivity index (χ1) is 9.08. The predicted molar refractivity (Wildman–Crippen MR) is 74.1 cm³/mol. The van der Waals surface area contributed by atoms with Gasteiger partial charge in [-0.25, -0.2) is 0 Å². The molecule has 2 fully saturated rings. The van der Waals surface area contributed by atoms with Crippen LogP contribution in [-0.4, -0.2) is 33.7 Å². The van der Waals surface area contributed by atoms with Crippen molar-refractivity contribution >= 4 is 5.91 Å². The number of allylic oxidation sites excluding steroid dienone is 1. The number of carbonyl (C=O) groups excluding carboxylic acids is 1. The van der Waals surface area contributed by atoms with Crippen LogP contribution in [-0.2, 0) is 7.05 Å². The summed E-state index contributed by atoms with van der Waals surface area (Å²) in [4.78, 5) is 14.6. The number of carbonyl (C=O) groups is 1. The molecule has 0 spiro atoms. The second-order valence-corrected chi connectivity index (χ2v) is 5.67. The smallest absolute Gasteiger partial charge is 0.257 e. The lowest BCUT2D eigenvalue weighted by Gasteiger charge is -2.28. The van der Waals surface area contributed by atoms with Gasteiger partial charge in [-0.05, 0) is 39.5 Å². The molecule has 0 radical (unpaired) electrons. The molecule has 1 aromatic heterocycles. The Kier molecular flexibility index (Phi) is 2.96. The minimum Gasteiger partial charge on any atom is -0.338 e. The summed E-state index contributed by atoms with van der Waals surface area (Å²) < 4.78 is 1.80. The standard InChI is InChI=1S/C15H21N3O/c1-10-14(11(2)17(3)16-10)15(19)18-8-6-13(7-9-18)12-4-5-12/h4-9H2,1-3H3. The fourth-order valence-electron chi connectivity index (χ4n) is 2.99. The lowest BCUT2D eigenvalue weighted by molar-refractivity contribution is 0.0742. The lowest BCUT2D eigenvalue weighted by atomic mass is 10.0. The molecule has 2 aliphatic rings. The maximum Gasteiger partial charge on any atom is 0.257 e. The van der Waals surface area contributed by atoms with Crippen molar-refractivity contribution in [1.82, 2.24) is 14.7 Å². The number of piperidine rings is 1. The zero-order valence-corrected chi connectivity index (χ0v) is 12.0. The lowest BCUT2D eigenvalue weighted by Crippen LogP contribution is -2.37. The summed E-state index contributed by atoms with van der Waals surface area (Å²) in [7, 11) is 1.89. The summed E-state index contributed by atoms with van der Waals surface area (Å²) in [5, 5.41) is 4.34. The molecular formula is C15H21N3O. The van der Waals surface area contributed by atoms with Gasteiger partial charge in [-0.15, -0.1) is 0 Å². The van der Waals surface area contributed by atoms with Gasteiger partial charge in [-0.1, -0.05) is 11.1 Å². The van der Waals surface area contributed by atoms with Gasteiger partial charge in [-0.2, -0.15) is 5.10 Å². The highest BCUT2D eigenvalue weighted by molar-refractivity contribution is 5.96. The zero-order chi connectivity index (χ0) is 13.6. The Hall–Kier alpha value is -1.58. The number of aromatic nitrogens is 2. The van der Waals surface area contributed by atoms with E-state index in [9.17, 15) is 4.79 Å². The van der Waals surface area contributed by atoms with Crippen LogP contribution in [0.3, 0.4) is 0 Å². The number of hydrogen-bond donors (Lipinski definition) is 0. The van der Waals surface area contributed by atoms with Crippen molar-refractivity contribution in [1.29, 1.82) is 0 Å². The van der Waals surface area contributed by atoms with E-state index >= 15 is 0 Å². The van der Waals surface area contributed by atoms with Crippen LogP contribution in [0.2, 0.25) is 0 Å². The molecule has 1 saturated heterocycles. The van der Waals surface area contributed by atoms with Crippen LogP contribution in [0.5, 0.6) is 0 Å². The van der Waals surface area contributed by atoms with Crippen LogP contribution in [0, 0.1) is 13.8 Å². The van der Waals surface area contributed by atoms with Crippen LogP contribution in [0.1, 0.15) is 47.4 Å². The molecule has 0 bridgehead atoms. The van der Waals surface area contributed by atoms with Gasteiger partial charge in [-0.3, -0.25) is 9.48 Å². The van der Waals surface area contributed by atoms with Gasteiger partial charge in [0.05, 0.1) is 11.3 Å². The van der Waals surface area contributed by atoms with Crippen LogP contribution in [0.4, 0.5) is 0 Å². The topological polar surface area (TPSA) is 38.1 Å². The third-order valence-electron chi connectivity index (χ3n) is 4.38. The fourth-order valence-corrected chi connectivity index (χ4v) is 2.99. The Morgan fingerprint density at radius 2 is 1.63 bits per heavy atom.